The van der Waals surface area contributed by atoms with E-state index in [1.807, 2.05) is 25.3 Å². The Labute approximate surface area is 168 Å². The minimum Gasteiger partial charge on any atom is -0.493 e. The Balaban J connectivity index is 1.62. The summed E-state index contributed by atoms with van der Waals surface area (Å²) >= 11 is 0. The Morgan fingerprint density at radius 1 is 1.18 bits per heavy atom. The standard InChI is InChI=1S/C23H33N3O2/c1-17(2)15-27-22-8-20(14-25-13-19-6-7-24-12-19)9-23(10-22)28-16-21-5-4-18(3)11-26-21/h4-5,8-11,17,19,24-25H,6-7,12-16H2,1-3H3. The van der Waals surface area contributed by atoms with E-state index in [0.29, 0.717) is 19.1 Å². The van der Waals surface area contributed by atoms with Crippen LogP contribution in [0, 0.1) is 18.8 Å². The first-order valence-electron chi connectivity index (χ1n) is 10.3. The smallest absolute Gasteiger partial charge is 0.130 e. The van der Waals surface area contributed by atoms with Gasteiger partial charge in [-0.1, -0.05) is 19.9 Å². The molecule has 1 atom stereocenters. The van der Waals surface area contributed by atoms with E-state index >= 15 is 0 Å². The lowest BCUT2D eigenvalue weighted by atomic mass is 10.1. The number of aryl methyl sites for hydroxylation is 1. The number of aromatic nitrogens is 1. The fraction of sp³-hybridized carbons (Fsp3) is 0.522. The second-order valence-electron chi connectivity index (χ2n) is 8.12. The van der Waals surface area contributed by atoms with E-state index in [1.54, 1.807) is 0 Å². The molecule has 3 rings (SSSR count). The molecule has 2 heterocycles. The number of hydrogen-bond acceptors (Lipinski definition) is 5. The molecule has 5 nitrogen and oxygen atoms in total. The number of rotatable bonds is 10. The summed E-state index contributed by atoms with van der Waals surface area (Å²) in [6, 6.07) is 10.2. The summed E-state index contributed by atoms with van der Waals surface area (Å²) in [6.45, 7) is 11.6. The van der Waals surface area contributed by atoms with Crippen molar-refractivity contribution < 1.29 is 9.47 Å². The molecular weight excluding hydrogens is 350 g/mol. The molecule has 28 heavy (non-hydrogen) atoms. The molecule has 1 aliphatic rings. The van der Waals surface area contributed by atoms with Crippen LogP contribution in [0.3, 0.4) is 0 Å². The normalized spacial score (nSPS) is 16.5. The molecule has 0 radical (unpaired) electrons. The number of hydrogen-bond donors (Lipinski definition) is 2. The largest absolute Gasteiger partial charge is 0.493 e. The van der Waals surface area contributed by atoms with E-state index in [4.69, 9.17) is 9.47 Å². The third kappa shape index (κ3) is 6.80. The van der Waals surface area contributed by atoms with Crippen molar-refractivity contribution in [3.63, 3.8) is 0 Å². The van der Waals surface area contributed by atoms with Crippen LogP contribution in [0.5, 0.6) is 11.5 Å². The molecule has 1 aromatic carbocycles. The maximum atomic E-state index is 6.02. The lowest BCUT2D eigenvalue weighted by Gasteiger charge is -2.15. The Kier molecular flexibility index (Phi) is 7.69. The van der Waals surface area contributed by atoms with Gasteiger partial charge >= 0.3 is 0 Å². The Morgan fingerprint density at radius 3 is 2.68 bits per heavy atom. The highest BCUT2D eigenvalue weighted by Crippen LogP contribution is 2.24. The topological polar surface area (TPSA) is 55.4 Å². The summed E-state index contributed by atoms with van der Waals surface area (Å²) in [5.74, 6) is 2.90. The number of nitrogens with zero attached hydrogens (tertiary/aromatic N) is 1. The van der Waals surface area contributed by atoms with Gasteiger partial charge in [-0.3, -0.25) is 4.98 Å². The van der Waals surface area contributed by atoms with Crippen molar-refractivity contribution in [2.45, 2.75) is 40.3 Å². The van der Waals surface area contributed by atoms with Gasteiger partial charge in [-0.15, -0.1) is 0 Å². The molecule has 1 fully saturated rings. The Hall–Kier alpha value is -2.11. The van der Waals surface area contributed by atoms with Crippen LogP contribution >= 0.6 is 0 Å². The lowest BCUT2D eigenvalue weighted by molar-refractivity contribution is 0.265. The summed E-state index contributed by atoms with van der Waals surface area (Å²) in [6.07, 6.45) is 3.12. The molecule has 1 aromatic heterocycles. The van der Waals surface area contributed by atoms with Crippen LogP contribution in [0.2, 0.25) is 0 Å². The molecule has 1 aliphatic heterocycles. The SMILES string of the molecule is Cc1ccc(COc2cc(CNCC3CCNC3)cc(OCC(C)C)c2)nc1. The molecular formula is C23H33N3O2. The highest BCUT2D eigenvalue weighted by Gasteiger charge is 2.13. The van der Waals surface area contributed by atoms with Crippen LogP contribution in [0.1, 0.15) is 37.1 Å². The molecule has 0 spiro atoms. The van der Waals surface area contributed by atoms with Crippen LogP contribution in [0.4, 0.5) is 0 Å². The van der Waals surface area contributed by atoms with Crippen LogP contribution in [0.15, 0.2) is 36.5 Å². The van der Waals surface area contributed by atoms with Gasteiger partial charge in [0.15, 0.2) is 0 Å². The van der Waals surface area contributed by atoms with Gasteiger partial charge in [0.2, 0.25) is 0 Å². The molecule has 2 N–H and O–H groups in total. The quantitative estimate of drug-likeness (QED) is 0.655. The van der Waals surface area contributed by atoms with Crippen molar-refractivity contribution in [3.05, 3.63) is 53.3 Å². The van der Waals surface area contributed by atoms with Crippen molar-refractivity contribution >= 4 is 0 Å². The predicted molar refractivity (Wildman–Crippen MR) is 113 cm³/mol. The van der Waals surface area contributed by atoms with E-state index in [0.717, 1.165) is 54.9 Å². The second kappa shape index (κ2) is 10.4. The summed E-state index contributed by atoms with van der Waals surface area (Å²) in [7, 11) is 0. The van der Waals surface area contributed by atoms with Crippen molar-refractivity contribution in [1.29, 1.82) is 0 Å². The molecule has 0 bridgehead atoms. The number of benzene rings is 1. The van der Waals surface area contributed by atoms with E-state index in [1.165, 1.54) is 12.0 Å². The maximum absolute atomic E-state index is 6.02. The zero-order valence-electron chi connectivity index (χ0n) is 17.3. The van der Waals surface area contributed by atoms with Gasteiger partial charge in [0.05, 0.1) is 12.3 Å². The summed E-state index contributed by atoms with van der Waals surface area (Å²) in [4.78, 5) is 4.42. The third-order valence-electron chi connectivity index (χ3n) is 4.81. The zero-order chi connectivity index (χ0) is 19.8. The first kappa shape index (κ1) is 20.6. The number of pyridine rings is 1. The van der Waals surface area contributed by atoms with Crippen molar-refractivity contribution in [3.8, 4) is 11.5 Å². The van der Waals surface area contributed by atoms with Crippen molar-refractivity contribution in [2.24, 2.45) is 11.8 Å². The van der Waals surface area contributed by atoms with Crippen molar-refractivity contribution in [1.82, 2.24) is 15.6 Å². The molecule has 1 unspecified atom stereocenters. The van der Waals surface area contributed by atoms with E-state index in [9.17, 15) is 0 Å². The van der Waals surface area contributed by atoms with E-state index in [2.05, 4.69) is 47.7 Å². The summed E-state index contributed by atoms with van der Waals surface area (Å²) < 4.78 is 12.0. The van der Waals surface area contributed by atoms with Gasteiger partial charge in [-0.2, -0.15) is 0 Å². The molecule has 1 saturated heterocycles. The van der Waals surface area contributed by atoms with Crippen LogP contribution in [-0.4, -0.2) is 31.2 Å². The van der Waals surface area contributed by atoms with Crippen LogP contribution in [0.25, 0.3) is 0 Å². The lowest BCUT2D eigenvalue weighted by Crippen LogP contribution is -2.24. The Bertz CT molecular complexity index is 725. The molecule has 0 saturated carbocycles. The molecule has 0 aliphatic carbocycles. The fourth-order valence-corrected chi connectivity index (χ4v) is 3.21. The average molecular weight is 384 g/mol. The highest BCUT2D eigenvalue weighted by molar-refractivity contribution is 5.38. The molecule has 2 aromatic rings. The maximum Gasteiger partial charge on any atom is 0.130 e. The highest BCUT2D eigenvalue weighted by atomic mass is 16.5. The van der Waals surface area contributed by atoms with Gasteiger partial charge in [0, 0.05) is 18.8 Å². The summed E-state index contributed by atoms with van der Waals surface area (Å²) in [5.41, 5.74) is 3.25. The molecule has 152 valence electrons. The van der Waals surface area contributed by atoms with Crippen molar-refractivity contribution in [2.75, 3.05) is 26.2 Å². The fourth-order valence-electron chi connectivity index (χ4n) is 3.21. The monoisotopic (exact) mass is 383 g/mol. The predicted octanol–water partition coefficient (Wildman–Crippen LogP) is 3.70. The van der Waals surface area contributed by atoms with Gasteiger partial charge in [0.25, 0.3) is 0 Å². The van der Waals surface area contributed by atoms with Gasteiger partial charge in [-0.25, -0.2) is 0 Å². The van der Waals surface area contributed by atoms with E-state index < -0.39 is 0 Å². The van der Waals surface area contributed by atoms with Crippen LogP contribution < -0.4 is 20.1 Å². The zero-order valence-corrected chi connectivity index (χ0v) is 17.3. The second-order valence-corrected chi connectivity index (χ2v) is 8.12. The molecule has 5 heteroatoms. The first-order chi connectivity index (χ1) is 13.6. The number of nitrogens with one attached hydrogen (secondary N) is 2. The minimum atomic E-state index is 0.453. The summed E-state index contributed by atoms with van der Waals surface area (Å²) in [5, 5.41) is 7.00. The number of ether oxygens (including phenoxy) is 2. The Morgan fingerprint density at radius 2 is 2.00 bits per heavy atom. The average Bonchev–Trinajstić information content (AvgIpc) is 3.19. The van der Waals surface area contributed by atoms with Crippen LogP contribution in [-0.2, 0) is 13.2 Å². The van der Waals surface area contributed by atoms with Gasteiger partial charge < -0.3 is 20.1 Å². The van der Waals surface area contributed by atoms with E-state index in [-0.39, 0.29) is 0 Å². The minimum absolute atomic E-state index is 0.453. The molecule has 0 amide bonds. The van der Waals surface area contributed by atoms with Gasteiger partial charge in [0.1, 0.15) is 18.1 Å². The third-order valence-corrected chi connectivity index (χ3v) is 4.81. The first-order valence-corrected chi connectivity index (χ1v) is 10.3. The van der Waals surface area contributed by atoms with Gasteiger partial charge in [-0.05, 0) is 74.1 Å².